The fourth-order valence-corrected chi connectivity index (χ4v) is 3.07. The molecule has 5 nitrogen and oxygen atoms in total. The first kappa shape index (κ1) is 15.7. The van der Waals surface area contributed by atoms with Crippen LogP contribution in [0.2, 0.25) is 0 Å². The first-order valence-electron chi connectivity index (χ1n) is 8.38. The molecule has 0 radical (unpaired) electrons. The maximum Gasteiger partial charge on any atom is 0.221 e. The molecule has 5 heteroatoms. The van der Waals surface area contributed by atoms with Crippen LogP contribution in [0.1, 0.15) is 24.8 Å². The highest BCUT2D eigenvalue weighted by Crippen LogP contribution is 2.26. The number of nitrogens with zero attached hydrogens (tertiary/aromatic N) is 3. The van der Waals surface area contributed by atoms with Gasteiger partial charge in [-0.05, 0) is 51.4 Å². The minimum atomic E-state index is 0.309. The predicted molar refractivity (Wildman–Crippen MR) is 95.4 cm³/mol. The monoisotopic (exact) mass is 311 g/mol. The van der Waals surface area contributed by atoms with Crippen molar-refractivity contribution in [3.05, 3.63) is 36.0 Å². The SMILES string of the molecule is Cc1cccc(-c2cnc(N)nc2NCCCN2CCCC2)c1. The van der Waals surface area contributed by atoms with Gasteiger partial charge < -0.3 is 16.0 Å². The maximum absolute atomic E-state index is 5.77. The summed E-state index contributed by atoms with van der Waals surface area (Å²) in [6.45, 7) is 6.62. The van der Waals surface area contributed by atoms with Crippen LogP contribution in [0.25, 0.3) is 11.1 Å². The number of nitrogens with one attached hydrogen (secondary N) is 1. The van der Waals surface area contributed by atoms with Crippen LogP contribution in [0.4, 0.5) is 11.8 Å². The number of aryl methyl sites for hydroxylation is 1. The van der Waals surface area contributed by atoms with Crippen molar-refractivity contribution in [2.45, 2.75) is 26.2 Å². The van der Waals surface area contributed by atoms with Gasteiger partial charge in [0.25, 0.3) is 0 Å². The van der Waals surface area contributed by atoms with Gasteiger partial charge in [-0.25, -0.2) is 4.98 Å². The van der Waals surface area contributed by atoms with Gasteiger partial charge in [-0.1, -0.05) is 29.8 Å². The minimum Gasteiger partial charge on any atom is -0.369 e. The molecule has 0 unspecified atom stereocenters. The number of aromatic nitrogens is 2. The molecule has 2 heterocycles. The molecule has 1 fully saturated rings. The molecule has 0 atom stereocenters. The van der Waals surface area contributed by atoms with Crippen LogP contribution >= 0.6 is 0 Å². The Kier molecular flexibility index (Phi) is 5.08. The fraction of sp³-hybridized carbons (Fsp3) is 0.444. The van der Waals surface area contributed by atoms with E-state index in [1.807, 2.05) is 0 Å². The molecule has 1 aromatic heterocycles. The van der Waals surface area contributed by atoms with Crippen LogP contribution < -0.4 is 11.1 Å². The van der Waals surface area contributed by atoms with Crippen LogP contribution in [-0.2, 0) is 0 Å². The summed E-state index contributed by atoms with van der Waals surface area (Å²) >= 11 is 0. The summed E-state index contributed by atoms with van der Waals surface area (Å²) in [7, 11) is 0. The first-order chi connectivity index (χ1) is 11.2. The summed E-state index contributed by atoms with van der Waals surface area (Å²) in [6, 6.07) is 8.37. The molecule has 122 valence electrons. The molecule has 1 aliphatic heterocycles. The summed E-state index contributed by atoms with van der Waals surface area (Å²) < 4.78 is 0. The number of benzene rings is 1. The number of nitrogens with two attached hydrogens (primary N) is 1. The van der Waals surface area contributed by atoms with Crippen molar-refractivity contribution in [1.29, 1.82) is 0 Å². The van der Waals surface area contributed by atoms with Crippen molar-refractivity contribution in [3.8, 4) is 11.1 Å². The number of hydrogen-bond acceptors (Lipinski definition) is 5. The van der Waals surface area contributed by atoms with Crippen LogP contribution in [-0.4, -0.2) is 41.0 Å². The van der Waals surface area contributed by atoms with Crippen molar-refractivity contribution < 1.29 is 0 Å². The van der Waals surface area contributed by atoms with Gasteiger partial charge in [0.2, 0.25) is 5.95 Å². The second-order valence-corrected chi connectivity index (χ2v) is 6.19. The highest BCUT2D eigenvalue weighted by atomic mass is 15.1. The normalized spacial score (nSPS) is 15.0. The Balaban J connectivity index is 1.66. The van der Waals surface area contributed by atoms with E-state index < -0.39 is 0 Å². The quantitative estimate of drug-likeness (QED) is 0.803. The second kappa shape index (κ2) is 7.42. The Bertz CT molecular complexity index is 650. The average molecular weight is 311 g/mol. The van der Waals surface area contributed by atoms with Crippen molar-refractivity contribution in [2.24, 2.45) is 0 Å². The summed E-state index contributed by atoms with van der Waals surface area (Å²) in [4.78, 5) is 11.1. The Morgan fingerprint density at radius 2 is 2.09 bits per heavy atom. The lowest BCUT2D eigenvalue weighted by molar-refractivity contribution is 0.337. The number of rotatable bonds is 6. The Morgan fingerprint density at radius 3 is 2.87 bits per heavy atom. The van der Waals surface area contributed by atoms with E-state index in [-0.39, 0.29) is 0 Å². The van der Waals surface area contributed by atoms with E-state index in [0.717, 1.165) is 36.5 Å². The molecule has 1 aromatic carbocycles. The second-order valence-electron chi connectivity index (χ2n) is 6.19. The van der Waals surface area contributed by atoms with Crippen LogP contribution in [0, 0.1) is 6.92 Å². The van der Waals surface area contributed by atoms with Gasteiger partial charge in [0, 0.05) is 18.3 Å². The van der Waals surface area contributed by atoms with Gasteiger partial charge in [0.1, 0.15) is 5.82 Å². The van der Waals surface area contributed by atoms with E-state index in [1.165, 1.54) is 31.5 Å². The molecule has 0 aliphatic carbocycles. The summed E-state index contributed by atoms with van der Waals surface area (Å²) in [5.41, 5.74) is 9.11. The molecular formula is C18H25N5. The standard InChI is InChI=1S/C18H25N5/c1-14-6-4-7-15(12-14)16-13-21-18(19)22-17(16)20-8-5-11-23-9-2-3-10-23/h4,6-7,12-13H,2-3,5,8-11H2,1H3,(H3,19,20,21,22). The summed E-state index contributed by atoms with van der Waals surface area (Å²) in [5, 5.41) is 3.44. The van der Waals surface area contributed by atoms with E-state index in [4.69, 9.17) is 5.73 Å². The third kappa shape index (κ3) is 4.20. The molecule has 3 N–H and O–H groups in total. The zero-order valence-electron chi connectivity index (χ0n) is 13.8. The summed E-state index contributed by atoms with van der Waals surface area (Å²) in [6.07, 6.45) is 5.60. The first-order valence-corrected chi connectivity index (χ1v) is 8.38. The van der Waals surface area contributed by atoms with E-state index in [2.05, 4.69) is 51.4 Å². The van der Waals surface area contributed by atoms with E-state index in [0.29, 0.717) is 5.95 Å². The third-order valence-electron chi connectivity index (χ3n) is 4.28. The number of nitrogen functional groups attached to an aromatic ring is 1. The van der Waals surface area contributed by atoms with Gasteiger partial charge in [-0.3, -0.25) is 0 Å². The largest absolute Gasteiger partial charge is 0.369 e. The molecular weight excluding hydrogens is 286 g/mol. The molecule has 0 spiro atoms. The van der Waals surface area contributed by atoms with Gasteiger partial charge in [0.15, 0.2) is 0 Å². The molecule has 1 saturated heterocycles. The Morgan fingerprint density at radius 1 is 1.26 bits per heavy atom. The number of hydrogen-bond donors (Lipinski definition) is 2. The summed E-state index contributed by atoms with van der Waals surface area (Å²) in [5.74, 6) is 1.13. The maximum atomic E-state index is 5.77. The van der Waals surface area contributed by atoms with Crippen molar-refractivity contribution >= 4 is 11.8 Å². The Hall–Kier alpha value is -2.14. The zero-order chi connectivity index (χ0) is 16.1. The van der Waals surface area contributed by atoms with Crippen molar-refractivity contribution in [3.63, 3.8) is 0 Å². The number of anilines is 2. The van der Waals surface area contributed by atoms with E-state index in [1.54, 1.807) is 6.20 Å². The third-order valence-corrected chi connectivity index (χ3v) is 4.28. The van der Waals surface area contributed by atoms with Gasteiger partial charge in [-0.15, -0.1) is 0 Å². The molecule has 0 saturated carbocycles. The van der Waals surface area contributed by atoms with E-state index >= 15 is 0 Å². The van der Waals surface area contributed by atoms with Crippen LogP contribution in [0.3, 0.4) is 0 Å². The Labute approximate surface area is 137 Å². The van der Waals surface area contributed by atoms with Gasteiger partial charge in [-0.2, -0.15) is 4.98 Å². The lowest BCUT2D eigenvalue weighted by Gasteiger charge is -2.15. The van der Waals surface area contributed by atoms with Crippen LogP contribution in [0.5, 0.6) is 0 Å². The molecule has 2 aromatic rings. The van der Waals surface area contributed by atoms with E-state index in [9.17, 15) is 0 Å². The zero-order valence-corrected chi connectivity index (χ0v) is 13.8. The highest BCUT2D eigenvalue weighted by Gasteiger charge is 2.11. The van der Waals surface area contributed by atoms with Crippen LogP contribution in [0.15, 0.2) is 30.5 Å². The molecule has 3 rings (SSSR count). The van der Waals surface area contributed by atoms with Crippen molar-refractivity contribution in [2.75, 3.05) is 37.2 Å². The predicted octanol–water partition coefficient (Wildman–Crippen LogP) is 2.93. The smallest absolute Gasteiger partial charge is 0.221 e. The molecule has 0 amide bonds. The molecule has 0 bridgehead atoms. The van der Waals surface area contributed by atoms with Gasteiger partial charge in [0.05, 0.1) is 0 Å². The molecule has 1 aliphatic rings. The van der Waals surface area contributed by atoms with Gasteiger partial charge >= 0.3 is 0 Å². The lowest BCUT2D eigenvalue weighted by atomic mass is 10.1. The van der Waals surface area contributed by atoms with Crippen molar-refractivity contribution in [1.82, 2.24) is 14.9 Å². The highest BCUT2D eigenvalue weighted by molar-refractivity contribution is 5.75. The topological polar surface area (TPSA) is 67.1 Å². The average Bonchev–Trinajstić information content (AvgIpc) is 3.05. The fourth-order valence-electron chi connectivity index (χ4n) is 3.07. The minimum absolute atomic E-state index is 0.309. The lowest BCUT2D eigenvalue weighted by Crippen LogP contribution is -2.22. The number of likely N-dealkylation sites (tertiary alicyclic amines) is 1. The molecule has 23 heavy (non-hydrogen) atoms.